The van der Waals surface area contributed by atoms with Crippen molar-refractivity contribution in [1.82, 2.24) is 4.98 Å². The van der Waals surface area contributed by atoms with E-state index in [2.05, 4.69) is 10.3 Å². The van der Waals surface area contributed by atoms with Crippen LogP contribution in [0.1, 0.15) is 55.9 Å². The first-order valence-electron chi connectivity index (χ1n) is 6.88. The highest BCUT2D eigenvalue weighted by atomic mass is 32.1. The highest BCUT2D eigenvalue weighted by Crippen LogP contribution is 2.24. The first-order chi connectivity index (χ1) is 9.38. The largest absolute Gasteiger partial charge is 0.459 e. The molecule has 0 radical (unpaired) electrons. The number of esters is 1. The molecule has 0 saturated heterocycles. The molecule has 0 fully saturated rings. The molecule has 112 valence electrons. The molecule has 1 aromatic rings. The molecule has 1 amide bonds. The molecule has 0 spiro atoms. The van der Waals surface area contributed by atoms with Gasteiger partial charge in [0.25, 0.3) is 0 Å². The van der Waals surface area contributed by atoms with Crippen molar-refractivity contribution < 1.29 is 14.3 Å². The summed E-state index contributed by atoms with van der Waals surface area (Å²) in [5.41, 5.74) is 0.584. The number of amides is 1. The zero-order chi connectivity index (χ0) is 15.3. The van der Waals surface area contributed by atoms with Gasteiger partial charge in [0.15, 0.2) is 5.13 Å². The lowest BCUT2D eigenvalue weighted by atomic mass is 10.0. The SMILES string of the molecule is CCC(CC)C(=O)Nc1nc(C)c(C(=O)OC(C)C)s1. The normalized spacial score (nSPS) is 10.9. The molecule has 0 aliphatic heterocycles. The molecule has 0 atom stereocenters. The third kappa shape index (κ3) is 4.30. The molecule has 0 aliphatic carbocycles. The van der Waals surface area contributed by atoms with Gasteiger partial charge in [-0.3, -0.25) is 4.79 Å². The molecule has 0 aliphatic rings. The summed E-state index contributed by atoms with van der Waals surface area (Å²) in [5.74, 6) is -0.462. The van der Waals surface area contributed by atoms with Gasteiger partial charge < -0.3 is 10.1 Å². The molecule has 0 bridgehead atoms. The van der Waals surface area contributed by atoms with Gasteiger partial charge in [0.2, 0.25) is 5.91 Å². The standard InChI is InChI=1S/C14H22N2O3S/c1-6-10(7-2)12(17)16-14-15-9(5)11(20-14)13(18)19-8(3)4/h8,10H,6-7H2,1-5H3,(H,15,16,17). The minimum absolute atomic E-state index is 0.0229. The number of hydrogen-bond donors (Lipinski definition) is 1. The lowest BCUT2D eigenvalue weighted by Gasteiger charge is -2.10. The number of aryl methyl sites for hydroxylation is 1. The molecule has 0 saturated carbocycles. The molecule has 0 unspecified atom stereocenters. The molecule has 20 heavy (non-hydrogen) atoms. The Balaban J connectivity index is 2.80. The highest BCUT2D eigenvalue weighted by molar-refractivity contribution is 7.17. The maximum absolute atomic E-state index is 12.0. The molecule has 6 heteroatoms. The van der Waals surface area contributed by atoms with Gasteiger partial charge in [-0.05, 0) is 33.6 Å². The Morgan fingerprint density at radius 2 is 1.90 bits per heavy atom. The second kappa shape index (κ2) is 7.38. The van der Waals surface area contributed by atoms with Gasteiger partial charge in [0.05, 0.1) is 11.8 Å². The molecular weight excluding hydrogens is 276 g/mol. The molecule has 0 aromatic carbocycles. The third-order valence-corrected chi connectivity index (χ3v) is 3.96. The van der Waals surface area contributed by atoms with E-state index in [-0.39, 0.29) is 17.9 Å². The predicted octanol–water partition coefficient (Wildman–Crippen LogP) is 3.39. The fraction of sp³-hybridized carbons (Fsp3) is 0.643. The van der Waals surface area contributed by atoms with Crippen LogP contribution in [0.3, 0.4) is 0 Å². The fourth-order valence-electron chi connectivity index (χ4n) is 1.77. The van der Waals surface area contributed by atoms with Crippen LogP contribution in [0, 0.1) is 12.8 Å². The van der Waals surface area contributed by atoms with Gasteiger partial charge in [-0.1, -0.05) is 25.2 Å². The van der Waals surface area contributed by atoms with Gasteiger partial charge in [0.1, 0.15) is 4.88 Å². The summed E-state index contributed by atoms with van der Waals surface area (Å²) in [7, 11) is 0. The molecule has 1 N–H and O–H groups in total. The van der Waals surface area contributed by atoms with Crippen LogP contribution in [0.25, 0.3) is 0 Å². The van der Waals surface area contributed by atoms with Crippen LogP contribution in [0.5, 0.6) is 0 Å². The van der Waals surface area contributed by atoms with E-state index in [1.807, 2.05) is 13.8 Å². The van der Waals surface area contributed by atoms with E-state index in [1.54, 1.807) is 20.8 Å². The summed E-state index contributed by atoms with van der Waals surface area (Å²) >= 11 is 1.16. The second-order valence-electron chi connectivity index (χ2n) is 4.89. The van der Waals surface area contributed by atoms with E-state index in [0.717, 1.165) is 24.2 Å². The molecule has 1 aromatic heterocycles. The molecule has 1 rings (SSSR count). The lowest BCUT2D eigenvalue weighted by molar-refractivity contribution is -0.120. The maximum Gasteiger partial charge on any atom is 0.350 e. The summed E-state index contributed by atoms with van der Waals surface area (Å²) in [6.07, 6.45) is 1.40. The number of nitrogens with zero attached hydrogens (tertiary/aromatic N) is 1. The third-order valence-electron chi connectivity index (χ3n) is 2.91. The van der Waals surface area contributed by atoms with Gasteiger partial charge in [0, 0.05) is 5.92 Å². The summed E-state index contributed by atoms with van der Waals surface area (Å²) in [5, 5.41) is 3.23. The Morgan fingerprint density at radius 1 is 1.30 bits per heavy atom. The number of anilines is 1. The van der Waals surface area contributed by atoms with E-state index in [0.29, 0.717) is 15.7 Å². The van der Waals surface area contributed by atoms with Crippen molar-refractivity contribution in [2.75, 3.05) is 5.32 Å². The molecule has 1 heterocycles. The lowest BCUT2D eigenvalue weighted by Crippen LogP contribution is -2.21. The Labute approximate surface area is 123 Å². The molecular formula is C14H22N2O3S. The van der Waals surface area contributed by atoms with E-state index in [9.17, 15) is 9.59 Å². The number of thiazole rings is 1. The Kier molecular flexibility index (Phi) is 6.13. The van der Waals surface area contributed by atoms with E-state index in [4.69, 9.17) is 4.74 Å². The number of aromatic nitrogens is 1. The zero-order valence-electron chi connectivity index (χ0n) is 12.6. The summed E-state index contributed by atoms with van der Waals surface area (Å²) in [6.45, 7) is 9.28. The van der Waals surface area contributed by atoms with Crippen molar-refractivity contribution in [3.63, 3.8) is 0 Å². The average Bonchev–Trinajstić information content (AvgIpc) is 2.70. The van der Waals surface area contributed by atoms with E-state index >= 15 is 0 Å². The minimum atomic E-state index is -0.391. The number of carbonyl (C=O) groups is 2. The second-order valence-corrected chi connectivity index (χ2v) is 5.89. The smallest absolute Gasteiger partial charge is 0.350 e. The highest BCUT2D eigenvalue weighted by Gasteiger charge is 2.20. The molecule has 5 nitrogen and oxygen atoms in total. The minimum Gasteiger partial charge on any atom is -0.459 e. The van der Waals surface area contributed by atoms with Crippen molar-refractivity contribution in [2.24, 2.45) is 5.92 Å². The summed E-state index contributed by atoms with van der Waals surface area (Å²) in [4.78, 5) is 28.5. The number of nitrogens with one attached hydrogen (secondary N) is 1. The monoisotopic (exact) mass is 298 g/mol. The van der Waals surface area contributed by atoms with E-state index < -0.39 is 5.97 Å². The van der Waals surface area contributed by atoms with Crippen LogP contribution < -0.4 is 5.32 Å². The predicted molar refractivity (Wildman–Crippen MR) is 80.1 cm³/mol. The van der Waals surface area contributed by atoms with E-state index in [1.165, 1.54) is 0 Å². The van der Waals surface area contributed by atoms with Crippen LogP contribution in [0.15, 0.2) is 0 Å². The topological polar surface area (TPSA) is 68.3 Å². The number of ether oxygens (including phenoxy) is 1. The maximum atomic E-state index is 12.0. The number of rotatable bonds is 6. The van der Waals surface area contributed by atoms with Crippen LogP contribution in [0.2, 0.25) is 0 Å². The fourth-order valence-corrected chi connectivity index (χ4v) is 2.63. The van der Waals surface area contributed by atoms with Crippen molar-refractivity contribution in [3.05, 3.63) is 10.6 Å². The number of carbonyl (C=O) groups excluding carboxylic acids is 2. The van der Waals surface area contributed by atoms with Crippen LogP contribution in [-0.2, 0) is 9.53 Å². The van der Waals surface area contributed by atoms with Crippen LogP contribution in [-0.4, -0.2) is 23.0 Å². The summed E-state index contributed by atoms with van der Waals surface area (Å²) < 4.78 is 5.14. The zero-order valence-corrected chi connectivity index (χ0v) is 13.5. The number of hydrogen-bond acceptors (Lipinski definition) is 5. The van der Waals surface area contributed by atoms with Gasteiger partial charge in [-0.25, -0.2) is 9.78 Å². The van der Waals surface area contributed by atoms with Crippen molar-refractivity contribution >= 4 is 28.3 Å². The van der Waals surface area contributed by atoms with Crippen molar-refractivity contribution in [3.8, 4) is 0 Å². The van der Waals surface area contributed by atoms with Gasteiger partial charge in [-0.2, -0.15) is 0 Å². The Morgan fingerprint density at radius 3 is 2.40 bits per heavy atom. The Bertz CT molecular complexity index is 479. The van der Waals surface area contributed by atoms with Crippen molar-refractivity contribution in [2.45, 2.75) is 53.6 Å². The van der Waals surface area contributed by atoms with Crippen LogP contribution >= 0.6 is 11.3 Å². The average molecular weight is 298 g/mol. The first-order valence-corrected chi connectivity index (χ1v) is 7.69. The van der Waals surface area contributed by atoms with Gasteiger partial charge in [-0.15, -0.1) is 0 Å². The first kappa shape index (κ1) is 16.6. The summed E-state index contributed by atoms with van der Waals surface area (Å²) in [6, 6.07) is 0. The Hall–Kier alpha value is -1.43. The van der Waals surface area contributed by atoms with Gasteiger partial charge >= 0.3 is 5.97 Å². The quantitative estimate of drug-likeness (QED) is 0.817. The van der Waals surface area contributed by atoms with Crippen molar-refractivity contribution in [1.29, 1.82) is 0 Å². The van der Waals surface area contributed by atoms with Crippen LogP contribution in [0.4, 0.5) is 5.13 Å².